The van der Waals surface area contributed by atoms with Gasteiger partial charge in [-0.3, -0.25) is 4.79 Å². The zero-order valence-electron chi connectivity index (χ0n) is 16.0. The van der Waals surface area contributed by atoms with Crippen molar-refractivity contribution >= 4 is 32.5 Å². The molecule has 2 aromatic carbocycles. The molecule has 0 bridgehead atoms. The number of fused-ring (bicyclic) bond motifs is 1. The normalized spacial score (nSPS) is 11.5. The van der Waals surface area contributed by atoms with Crippen LogP contribution in [0.1, 0.15) is 16.2 Å². The Morgan fingerprint density at radius 1 is 1.10 bits per heavy atom. The fourth-order valence-corrected chi connectivity index (χ4v) is 4.00. The predicted molar refractivity (Wildman–Crippen MR) is 112 cm³/mol. The second-order valence-corrected chi connectivity index (χ2v) is 8.29. The number of methoxy groups -OCH3 is 1. The highest BCUT2D eigenvalue weighted by atomic mass is 32.2. The van der Waals surface area contributed by atoms with Crippen LogP contribution in [0.2, 0.25) is 0 Å². The highest BCUT2D eigenvalue weighted by Gasteiger charge is 2.16. The Morgan fingerprint density at radius 3 is 2.73 bits per heavy atom. The largest absolute Gasteiger partial charge is 0.497 e. The number of rotatable bonds is 7. The van der Waals surface area contributed by atoms with Gasteiger partial charge in [-0.25, -0.2) is 13.1 Å². The van der Waals surface area contributed by atoms with E-state index in [-0.39, 0.29) is 17.3 Å². The number of furan rings is 1. The third-order valence-electron chi connectivity index (χ3n) is 4.49. The van der Waals surface area contributed by atoms with Crippen molar-refractivity contribution in [3.8, 4) is 5.75 Å². The van der Waals surface area contributed by atoms with Gasteiger partial charge in [-0.1, -0.05) is 6.07 Å². The number of carbonyl (C=O) groups is 1. The Hall–Kier alpha value is -3.56. The molecular weight excluding hydrogens is 406 g/mol. The third-order valence-corrected chi connectivity index (χ3v) is 5.89. The number of benzene rings is 2. The summed E-state index contributed by atoms with van der Waals surface area (Å²) in [6.45, 7) is 0.0322. The van der Waals surface area contributed by atoms with Gasteiger partial charge in [-0.2, -0.15) is 0 Å². The lowest BCUT2D eigenvalue weighted by Crippen LogP contribution is -2.23. The van der Waals surface area contributed by atoms with E-state index in [1.54, 1.807) is 43.5 Å². The van der Waals surface area contributed by atoms with Gasteiger partial charge in [0.05, 0.1) is 24.8 Å². The van der Waals surface area contributed by atoms with Crippen LogP contribution in [0.3, 0.4) is 0 Å². The minimum absolute atomic E-state index is 0.0322. The lowest BCUT2D eigenvalue weighted by atomic mass is 10.2. The van der Waals surface area contributed by atoms with Gasteiger partial charge < -0.3 is 19.5 Å². The zero-order valence-corrected chi connectivity index (χ0v) is 16.8. The maximum atomic E-state index is 12.6. The van der Waals surface area contributed by atoms with Crippen molar-refractivity contribution in [3.05, 3.63) is 78.4 Å². The maximum absolute atomic E-state index is 12.6. The lowest BCUT2D eigenvalue weighted by Gasteiger charge is -2.08. The van der Waals surface area contributed by atoms with E-state index < -0.39 is 10.0 Å². The van der Waals surface area contributed by atoms with Crippen molar-refractivity contribution in [1.29, 1.82) is 0 Å². The molecule has 0 saturated carbocycles. The summed E-state index contributed by atoms with van der Waals surface area (Å²) in [7, 11) is -2.20. The Labute approximate surface area is 172 Å². The smallest absolute Gasteiger partial charge is 0.272 e. The van der Waals surface area contributed by atoms with E-state index in [1.807, 2.05) is 12.1 Å². The molecule has 0 aliphatic rings. The Morgan fingerprint density at radius 2 is 1.97 bits per heavy atom. The molecule has 0 spiro atoms. The summed E-state index contributed by atoms with van der Waals surface area (Å²) in [6.07, 6.45) is 1.47. The van der Waals surface area contributed by atoms with Gasteiger partial charge >= 0.3 is 0 Å². The molecule has 0 radical (unpaired) electrons. The molecule has 3 N–H and O–H groups in total. The molecule has 154 valence electrons. The highest BCUT2D eigenvalue weighted by Crippen LogP contribution is 2.22. The van der Waals surface area contributed by atoms with Crippen LogP contribution in [0, 0.1) is 0 Å². The van der Waals surface area contributed by atoms with Gasteiger partial charge in [0, 0.05) is 22.7 Å². The summed E-state index contributed by atoms with van der Waals surface area (Å²) >= 11 is 0. The summed E-state index contributed by atoms with van der Waals surface area (Å²) in [5.74, 6) is 0.790. The van der Waals surface area contributed by atoms with E-state index >= 15 is 0 Å². The first-order valence-electron chi connectivity index (χ1n) is 9.05. The van der Waals surface area contributed by atoms with Crippen molar-refractivity contribution in [2.75, 3.05) is 12.4 Å². The van der Waals surface area contributed by atoms with Gasteiger partial charge in [0.15, 0.2) is 0 Å². The first kappa shape index (κ1) is 19.7. The Bertz CT molecular complexity index is 1290. The SMILES string of the molecule is COc1ccc2cc(C(=O)Nc3cccc(S(=O)(=O)NCc4ccco4)c3)[nH]c2c1. The number of carbonyl (C=O) groups excluding carboxylic acids is 1. The van der Waals surface area contributed by atoms with Crippen LogP contribution in [-0.2, 0) is 16.6 Å². The second-order valence-electron chi connectivity index (χ2n) is 6.52. The number of amides is 1. The van der Waals surface area contributed by atoms with Gasteiger partial charge in [0.1, 0.15) is 17.2 Å². The number of H-pyrrole nitrogens is 1. The van der Waals surface area contributed by atoms with Crippen LogP contribution in [0.25, 0.3) is 10.9 Å². The van der Waals surface area contributed by atoms with Crippen LogP contribution in [0.15, 0.2) is 76.2 Å². The van der Waals surface area contributed by atoms with Crippen LogP contribution in [-0.4, -0.2) is 26.4 Å². The monoisotopic (exact) mass is 425 g/mol. The maximum Gasteiger partial charge on any atom is 0.272 e. The van der Waals surface area contributed by atoms with Gasteiger partial charge in [-0.15, -0.1) is 0 Å². The van der Waals surface area contributed by atoms with Crippen LogP contribution in [0.5, 0.6) is 5.75 Å². The van der Waals surface area contributed by atoms with E-state index in [0.29, 0.717) is 22.9 Å². The van der Waals surface area contributed by atoms with E-state index in [1.165, 1.54) is 18.4 Å². The quantitative estimate of drug-likeness (QED) is 0.419. The summed E-state index contributed by atoms with van der Waals surface area (Å²) in [4.78, 5) is 15.7. The summed E-state index contributed by atoms with van der Waals surface area (Å²) < 4.78 is 37.8. The summed E-state index contributed by atoms with van der Waals surface area (Å²) in [6, 6.07) is 16.6. The van der Waals surface area contributed by atoms with E-state index in [9.17, 15) is 13.2 Å². The standard InChI is InChI=1S/C21H19N3O5S/c1-28-16-8-7-14-10-20(24-19(14)12-16)21(25)23-15-4-2-6-18(11-15)30(26,27)22-13-17-5-3-9-29-17/h2-12,22,24H,13H2,1H3,(H,23,25). The van der Waals surface area contributed by atoms with Crippen molar-refractivity contribution in [3.63, 3.8) is 0 Å². The molecule has 0 unspecified atom stereocenters. The molecule has 0 fully saturated rings. The number of aromatic amines is 1. The number of aromatic nitrogens is 1. The fourth-order valence-electron chi connectivity index (χ4n) is 2.96. The Balaban J connectivity index is 1.50. The highest BCUT2D eigenvalue weighted by molar-refractivity contribution is 7.89. The molecule has 9 heteroatoms. The summed E-state index contributed by atoms with van der Waals surface area (Å²) in [5.41, 5.74) is 1.47. The average Bonchev–Trinajstić information content (AvgIpc) is 3.41. The Kier molecular flexibility index (Phi) is 5.30. The molecule has 0 aliphatic heterocycles. The molecule has 0 atom stereocenters. The predicted octanol–water partition coefficient (Wildman–Crippen LogP) is 3.50. The number of nitrogens with one attached hydrogen (secondary N) is 3. The van der Waals surface area contributed by atoms with E-state index in [0.717, 1.165) is 10.9 Å². The molecule has 2 heterocycles. The topological polar surface area (TPSA) is 113 Å². The molecule has 2 aromatic heterocycles. The number of anilines is 1. The van der Waals surface area contributed by atoms with Gasteiger partial charge in [0.2, 0.25) is 10.0 Å². The number of ether oxygens (including phenoxy) is 1. The molecular formula is C21H19N3O5S. The number of hydrogen-bond donors (Lipinski definition) is 3. The van der Waals surface area contributed by atoms with Crippen LogP contribution >= 0.6 is 0 Å². The number of sulfonamides is 1. The van der Waals surface area contributed by atoms with Crippen LogP contribution in [0.4, 0.5) is 5.69 Å². The molecule has 0 saturated heterocycles. The molecule has 0 aliphatic carbocycles. The fraction of sp³-hybridized carbons (Fsp3) is 0.0952. The molecule has 4 rings (SSSR count). The third kappa shape index (κ3) is 4.22. The first-order chi connectivity index (χ1) is 14.4. The lowest BCUT2D eigenvalue weighted by molar-refractivity contribution is 0.102. The minimum atomic E-state index is -3.77. The molecule has 4 aromatic rings. The van der Waals surface area contributed by atoms with Crippen molar-refractivity contribution in [1.82, 2.24) is 9.71 Å². The minimum Gasteiger partial charge on any atom is -0.497 e. The average molecular weight is 425 g/mol. The van der Waals surface area contributed by atoms with Crippen molar-refractivity contribution in [2.24, 2.45) is 0 Å². The van der Waals surface area contributed by atoms with Crippen LogP contribution < -0.4 is 14.8 Å². The van der Waals surface area contributed by atoms with Gasteiger partial charge in [0.25, 0.3) is 5.91 Å². The molecule has 8 nitrogen and oxygen atoms in total. The molecule has 30 heavy (non-hydrogen) atoms. The van der Waals surface area contributed by atoms with Crippen molar-refractivity contribution < 1.29 is 22.4 Å². The second kappa shape index (κ2) is 8.05. The molecule has 1 amide bonds. The number of hydrogen-bond acceptors (Lipinski definition) is 5. The van der Waals surface area contributed by atoms with Crippen molar-refractivity contribution in [2.45, 2.75) is 11.4 Å². The van der Waals surface area contributed by atoms with E-state index in [4.69, 9.17) is 9.15 Å². The summed E-state index contributed by atoms with van der Waals surface area (Å²) in [5, 5.41) is 3.58. The first-order valence-corrected chi connectivity index (χ1v) is 10.5. The van der Waals surface area contributed by atoms with E-state index in [2.05, 4.69) is 15.0 Å². The van der Waals surface area contributed by atoms with Gasteiger partial charge in [-0.05, 0) is 48.5 Å². The zero-order chi connectivity index (χ0) is 21.1.